The fourth-order valence-corrected chi connectivity index (χ4v) is 4.00. The van der Waals surface area contributed by atoms with Crippen LogP contribution in [0.2, 0.25) is 5.15 Å². The quantitative estimate of drug-likeness (QED) is 0.782. The number of rotatable bonds is 6. The molecule has 1 fully saturated rings. The van der Waals surface area contributed by atoms with Gasteiger partial charge in [0.2, 0.25) is 0 Å². The zero-order valence-electron chi connectivity index (χ0n) is 15.4. The molecule has 0 spiro atoms. The SMILES string of the molecule is COC(=O)[C@@H]1CCCC[C@@H]1NCc1c(C)nn(Cc2ccccc2)c1Cl. The second-order valence-electron chi connectivity index (χ2n) is 6.90. The van der Waals surface area contributed by atoms with Crippen molar-refractivity contribution >= 4 is 17.6 Å². The predicted octanol–water partition coefficient (Wildman–Crippen LogP) is 3.71. The number of ether oxygens (including phenoxy) is 1. The maximum absolute atomic E-state index is 12.0. The third-order valence-electron chi connectivity index (χ3n) is 5.17. The lowest BCUT2D eigenvalue weighted by Crippen LogP contribution is -2.42. The van der Waals surface area contributed by atoms with Crippen molar-refractivity contribution in [3.05, 3.63) is 52.3 Å². The van der Waals surface area contributed by atoms with Crippen molar-refractivity contribution in [2.24, 2.45) is 5.92 Å². The number of hydrogen-bond acceptors (Lipinski definition) is 4. The maximum Gasteiger partial charge on any atom is 0.310 e. The van der Waals surface area contributed by atoms with Crippen molar-refractivity contribution in [2.75, 3.05) is 7.11 Å². The number of halogens is 1. The van der Waals surface area contributed by atoms with Crippen LogP contribution in [0.3, 0.4) is 0 Å². The Morgan fingerprint density at radius 3 is 2.77 bits per heavy atom. The van der Waals surface area contributed by atoms with E-state index in [4.69, 9.17) is 16.3 Å². The lowest BCUT2D eigenvalue weighted by Gasteiger charge is -2.30. The Morgan fingerprint density at radius 1 is 1.31 bits per heavy atom. The number of carbonyl (C=O) groups is 1. The summed E-state index contributed by atoms with van der Waals surface area (Å²) in [5, 5.41) is 8.77. The Kier molecular flexibility index (Phi) is 6.33. The van der Waals surface area contributed by atoms with Gasteiger partial charge in [0, 0.05) is 18.2 Å². The Hall–Kier alpha value is -1.85. The summed E-state index contributed by atoms with van der Waals surface area (Å²) in [6.45, 7) is 3.23. The van der Waals surface area contributed by atoms with E-state index in [0.717, 1.165) is 42.5 Å². The average molecular weight is 376 g/mol. The molecule has 0 unspecified atom stereocenters. The van der Waals surface area contributed by atoms with Crippen LogP contribution in [-0.4, -0.2) is 28.9 Å². The van der Waals surface area contributed by atoms with Gasteiger partial charge in [-0.05, 0) is 25.3 Å². The van der Waals surface area contributed by atoms with Crippen molar-refractivity contribution in [1.29, 1.82) is 0 Å². The van der Waals surface area contributed by atoms with Crippen molar-refractivity contribution in [3.63, 3.8) is 0 Å². The summed E-state index contributed by atoms with van der Waals surface area (Å²) in [6.07, 6.45) is 4.07. The number of benzene rings is 1. The highest BCUT2D eigenvalue weighted by molar-refractivity contribution is 6.30. The lowest BCUT2D eigenvalue weighted by atomic mass is 9.84. The van der Waals surface area contributed by atoms with E-state index in [2.05, 4.69) is 22.5 Å². The number of nitrogens with one attached hydrogen (secondary N) is 1. The molecule has 2 atom stereocenters. The Morgan fingerprint density at radius 2 is 2.04 bits per heavy atom. The van der Waals surface area contributed by atoms with Gasteiger partial charge in [0.15, 0.2) is 0 Å². The van der Waals surface area contributed by atoms with Crippen LogP contribution in [0.25, 0.3) is 0 Å². The molecule has 0 saturated heterocycles. The number of esters is 1. The van der Waals surface area contributed by atoms with E-state index in [1.165, 1.54) is 7.11 Å². The summed E-state index contributed by atoms with van der Waals surface area (Å²) in [5.74, 6) is -0.197. The second kappa shape index (κ2) is 8.69. The van der Waals surface area contributed by atoms with E-state index in [1.54, 1.807) is 0 Å². The summed E-state index contributed by atoms with van der Waals surface area (Å²) in [7, 11) is 1.46. The first-order chi connectivity index (χ1) is 12.6. The van der Waals surface area contributed by atoms with E-state index in [0.29, 0.717) is 18.2 Å². The third kappa shape index (κ3) is 4.27. The minimum atomic E-state index is -0.121. The van der Waals surface area contributed by atoms with Gasteiger partial charge in [-0.25, -0.2) is 4.68 Å². The van der Waals surface area contributed by atoms with Crippen molar-refractivity contribution in [2.45, 2.75) is 51.7 Å². The number of aromatic nitrogens is 2. The van der Waals surface area contributed by atoms with Crippen molar-refractivity contribution < 1.29 is 9.53 Å². The molecule has 140 valence electrons. The largest absolute Gasteiger partial charge is 0.469 e. The molecule has 0 aliphatic heterocycles. The average Bonchev–Trinajstić information content (AvgIpc) is 2.93. The zero-order valence-corrected chi connectivity index (χ0v) is 16.1. The van der Waals surface area contributed by atoms with Crippen LogP contribution in [0, 0.1) is 12.8 Å². The van der Waals surface area contributed by atoms with Gasteiger partial charge in [-0.1, -0.05) is 54.8 Å². The van der Waals surface area contributed by atoms with Crippen LogP contribution in [-0.2, 0) is 22.6 Å². The van der Waals surface area contributed by atoms with Gasteiger partial charge >= 0.3 is 5.97 Å². The molecule has 3 rings (SSSR count). The summed E-state index contributed by atoms with van der Waals surface area (Å²) >= 11 is 6.59. The molecule has 1 aromatic carbocycles. The van der Waals surface area contributed by atoms with Crippen LogP contribution in [0.15, 0.2) is 30.3 Å². The fourth-order valence-electron chi connectivity index (χ4n) is 3.69. The molecule has 1 aliphatic carbocycles. The Balaban J connectivity index is 1.69. The molecule has 0 amide bonds. The summed E-state index contributed by atoms with van der Waals surface area (Å²) < 4.78 is 6.80. The molecular weight excluding hydrogens is 350 g/mol. The second-order valence-corrected chi connectivity index (χ2v) is 7.26. The lowest BCUT2D eigenvalue weighted by molar-refractivity contribution is -0.147. The van der Waals surface area contributed by atoms with Gasteiger partial charge in [-0.2, -0.15) is 5.10 Å². The molecule has 6 heteroatoms. The summed E-state index contributed by atoms with van der Waals surface area (Å²) in [6, 6.07) is 10.3. The fraction of sp³-hybridized carbons (Fsp3) is 0.500. The van der Waals surface area contributed by atoms with Gasteiger partial charge in [0.25, 0.3) is 0 Å². The standard InChI is InChI=1S/C20H26ClN3O2/c1-14-17(12-22-18-11-7-6-10-16(18)20(25)26-2)19(21)24(23-14)13-15-8-4-3-5-9-15/h3-5,8-9,16,18,22H,6-7,10-13H2,1-2H3/t16-,18+/m1/s1. The minimum absolute atomic E-state index is 0.0767. The molecule has 26 heavy (non-hydrogen) atoms. The van der Waals surface area contributed by atoms with Crippen LogP contribution < -0.4 is 5.32 Å². The topological polar surface area (TPSA) is 56.1 Å². The van der Waals surface area contributed by atoms with E-state index in [1.807, 2.05) is 29.8 Å². The summed E-state index contributed by atoms with van der Waals surface area (Å²) in [5.41, 5.74) is 3.08. The number of nitrogens with zero attached hydrogens (tertiary/aromatic N) is 2. The van der Waals surface area contributed by atoms with Crippen LogP contribution >= 0.6 is 11.6 Å². The number of methoxy groups -OCH3 is 1. The first kappa shape index (κ1) is 18.9. The number of carbonyl (C=O) groups excluding carboxylic acids is 1. The van der Waals surface area contributed by atoms with E-state index >= 15 is 0 Å². The molecule has 2 aromatic rings. The van der Waals surface area contributed by atoms with E-state index in [9.17, 15) is 4.79 Å². The summed E-state index contributed by atoms with van der Waals surface area (Å²) in [4.78, 5) is 12.0. The highest BCUT2D eigenvalue weighted by Crippen LogP contribution is 2.27. The molecule has 1 N–H and O–H groups in total. The zero-order chi connectivity index (χ0) is 18.5. The van der Waals surface area contributed by atoms with Crippen molar-refractivity contribution in [1.82, 2.24) is 15.1 Å². The smallest absolute Gasteiger partial charge is 0.310 e. The predicted molar refractivity (Wildman–Crippen MR) is 102 cm³/mol. The molecule has 0 radical (unpaired) electrons. The molecule has 1 aliphatic rings. The van der Waals surface area contributed by atoms with E-state index < -0.39 is 0 Å². The molecular formula is C20H26ClN3O2. The van der Waals surface area contributed by atoms with Gasteiger partial charge in [-0.15, -0.1) is 0 Å². The molecule has 1 saturated carbocycles. The molecule has 1 heterocycles. The van der Waals surface area contributed by atoms with E-state index in [-0.39, 0.29) is 17.9 Å². The number of aryl methyl sites for hydroxylation is 1. The monoisotopic (exact) mass is 375 g/mol. The highest BCUT2D eigenvalue weighted by Gasteiger charge is 2.31. The first-order valence-electron chi connectivity index (χ1n) is 9.17. The Bertz CT molecular complexity index is 745. The Labute approximate surface area is 159 Å². The molecule has 5 nitrogen and oxygen atoms in total. The van der Waals surface area contributed by atoms with Crippen LogP contribution in [0.4, 0.5) is 0 Å². The van der Waals surface area contributed by atoms with Gasteiger partial charge in [0.05, 0.1) is 25.3 Å². The number of hydrogen-bond donors (Lipinski definition) is 1. The van der Waals surface area contributed by atoms with Gasteiger partial charge in [-0.3, -0.25) is 4.79 Å². The molecule has 0 bridgehead atoms. The van der Waals surface area contributed by atoms with Gasteiger partial charge < -0.3 is 10.1 Å². The maximum atomic E-state index is 12.0. The third-order valence-corrected chi connectivity index (χ3v) is 5.59. The highest BCUT2D eigenvalue weighted by atomic mass is 35.5. The van der Waals surface area contributed by atoms with Crippen LogP contribution in [0.1, 0.15) is 42.5 Å². The van der Waals surface area contributed by atoms with Crippen molar-refractivity contribution in [3.8, 4) is 0 Å². The minimum Gasteiger partial charge on any atom is -0.469 e. The van der Waals surface area contributed by atoms with Gasteiger partial charge in [0.1, 0.15) is 5.15 Å². The van der Waals surface area contributed by atoms with Crippen LogP contribution in [0.5, 0.6) is 0 Å². The molecule has 1 aromatic heterocycles. The first-order valence-corrected chi connectivity index (χ1v) is 9.55. The normalized spacial score (nSPS) is 20.1.